The van der Waals surface area contributed by atoms with E-state index in [-0.39, 0.29) is 12.0 Å². The highest BCUT2D eigenvalue weighted by molar-refractivity contribution is 6.30. The maximum absolute atomic E-state index is 11.3. The Balaban J connectivity index is 1.71. The van der Waals surface area contributed by atoms with Crippen molar-refractivity contribution in [1.29, 1.82) is 0 Å². The molecule has 1 aromatic heterocycles. The lowest BCUT2D eigenvalue weighted by Gasteiger charge is -2.37. The molecule has 1 unspecified atom stereocenters. The Morgan fingerprint density at radius 3 is 2.44 bits per heavy atom. The van der Waals surface area contributed by atoms with Gasteiger partial charge in [0.15, 0.2) is 0 Å². The van der Waals surface area contributed by atoms with E-state index in [0.717, 1.165) is 23.9 Å². The van der Waals surface area contributed by atoms with Gasteiger partial charge < -0.3 is 5.11 Å². The van der Waals surface area contributed by atoms with Crippen molar-refractivity contribution in [2.75, 3.05) is 13.1 Å². The Labute approximate surface area is 163 Å². The number of fused-ring (bicyclic) bond motifs is 1. The number of pyridine rings is 1. The fourth-order valence-corrected chi connectivity index (χ4v) is 4.06. The maximum Gasteiger partial charge on any atom is 0.306 e. The summed E-state index contributed by atoms with van der Waals surface area (Å²) in [5, 5.41) is 12.3. The number of carbonyl (C=O) groups is 1. The van der Waals surface area contributed by atoms with Gasteiger partial charge in [0.25, 0.3) is 0 Å². The van der Waals surface area contributed by atoms with Crippen LogP contribution >= 0.6 is 11.6 Å². The number of piperidine rings is 1. The highest BCUT2D eigenvalue weighted by atomic mass is 35.5. The second-order valence-corrected chi connectivity index (χ2v) is 7.52. The first-order valence-electron chi connectivity index (χ1n) is 9.18. The Morgan fingerprint density at radius 2 is 1.74 bits per heavy atom. The molecule has 3 aromatic rings. The molecule has 4 nitrogen and oxygen atoms in total. The lowest BCUT2D eigenvalue weighted by molar-refractivity contribution is -0.143. The van der Waals surface area contributed by atoms with Gasteiger partial charge in [-0.2, -0.15) is 0 Å². The standard InChI is InChI=1S/C22H21ClN2O2/c23-20-5-3-15(4-6-20)21(25-11-8-16(9-12-25)22(26)27)18-1-2-19-14-24-10-7-17(19)13-18/h1-7,10,13-14,16,21H,8-9,11-12H2,(H,26,27). The molecule has 1 aliphatic rings. The van der Waals surface area contributed by atoms with Crippen LogP contribution in [0.1, 0.15) is 30.0 Å². The van der Waals surface area contributed by atoms with Crippen LogP contribution in [0.5, 0.6) is 0 Å². The number of hydrogen-bond acceptors (Lipinski definition) is 3. The molecule has 4 rings (SSSR count). The van der Waals surface area contributed by atoms with Gasteiger partial charge in [-0.1, -0.05) is 35.9 Å². The summed E-state index contributed by atoms with van der Waals surface area (Å²) in [7, 11) is 0. The molecule has 1 atom stereocenters. The Kier molecular flexibility index (Phi) is 5.10. The summed E-state index contributed by atoms with van der Waals surface area (Å²) in [6.07, 6.45) is 5.03. The fourth-order valence-electron chi connectivity index (χ4n) is 3.94. The Morgan fingerprint density at radius 1 is 1.04 bits per heavy atom. The molecule has 5 heteroatoms. The number of carboxylic acids is 1. The SMILES string of the molecule is O=C(O)C1CCN(C(c2ccc(Cl)cc2)c2ccc3cnccc3c2)CC1. The highest BCUT2D eigenvalue weighted by Crippen LogP contribution is 2.34. The topological polar surface area (TPSA) is 53.4 Å². The van der Waals surface area contributed by atoms with Crippen LogP contribution in [-0.4, -0.2) is 34.0 Å². The van der Waals surface area contributed by atoms with Gasteiger partial charge in [-0.25, -0.2) is 0 Å². The average molecular weight is 381 g/mol. The van der Waals surface area contributed by atoms with Gasteiger partial charge in [0, 0.05) is 22.8 Å². The summed E-state index contributed by atoms with van der Waals surface area (Å²) < 4.78 is 0. The zero-order valence-corrected chi connectivity index (χ0v) is 15.6. The zero-order chi connectivity index (χ0) is 18.8. The number of carboxylic acid groups (broad SMARTS) is 1. The molecular weight excluding hydrogens is 360 g/mol. The lowest BCUT2D eigenvalue weighted by Crippen LogP contribution is -2.39. The van der Waals surface area contributed by atoms with Crippen molar-refractivity contribution in [1.82, 2.24) is 9.88 Å². The summed E-state index contributed by atoms with van der Waals surface area (Å²) in [6.45, 7) is 1.53. The molecule has 0 saturated carbocycles. The third-order valence-corrected chi connectivity index (χ3v) is 5.66. The number of hydrogen-bond donors (Lipinski definition) is 1. The first-order valence-corrected chi connectivity index (χ1v) is 9.55. The van der Waals surface area contributed by atoms with Gasteiger partial charge in [-0.15, -0.1) is 0 Å². The molecule has 2 aromatic carbocycles. The molecule has 138 valence electrons. The number of nitrogens with zero attached hydrogens (tertiary/aromatic N) is 2. The van der Waals surface area contributed by atoms with Crippen molar-refractivity contribution in [3.05, 3.63) is 77.1 Å². The molecule has 1 N–H and O–H groups in total. The van der Waals surface area contributed by atoms with E-state index in [2.05, 4.69) is 40.2 Å². The second kappa shape index (κ2) is 7.67. The monoisotopic (exact) mass is 380 g/mol. The van der Waals surface area contributed by atoms with E-state index in [1.165, 1.54) is 11.1 Å². The quantitative estimate of drug-likeness (QED) is 0.708. The molecule has 2 heterocycles. The summed E-state index contributed by atoms with van der Waals surface area (Å²) in [4.78, 5) is 17.9. The third-order valence-electron chi connectivity index (χ3n) is 5.41. The predicted octanol–water partition coefficient (Wildman–Crippen LogP) is 4.77. The normalized spacial score (nSPS) is 17.1. The molecular formula is C22H21ClN2O2. The lowest BCUT2D eigenvalue weighted by atomic mass is 9.90. The van der Waals surface area contributed by atoms with E-state index in [1.54, 1.807) is 0 Å². The largest absolute Gasteiger partial charge is 0.481 e. The van der Waals surface area contributed by atoms with Crippen LogP contribution in [0.15, 0.2) is 60.9 Å². The van der Waals surface area contributed by atoms with Gasteiger partial charge in [0.1, 0.15) is 0 Å². The number of halogens is 1. The van der Waals surface area contributed by atoms with E-state index in [9.17, 15) is 9.90 Å². The van der Waals surface area contributed by atoms with Gasteiger partial charge in [-0.05, 0) is 66.7 Å². The molecule has 0 bridgehead atoms. The number of benzene rings is 2. The number of likely N-dealkylation sites (tertiary alicyclic amines) is 1. The molecule has 0 aliphatic carbocycles. The van der Waals surface area contributed by atoms with Crippen LogP contribution in [0.3, 0.4) is 0 Å². The van der Waals surface area contributed by atoms with E-state index < -0.39 is 5.97 Å². The van der Waals surface area contributed by atoms with Crippen LogP contribution in [-0.2, 0) is 4.79 Å². The number of rotatable bonds is 4. The number of aliphatic carboxylic acids is 1. The zero-order valence-electron chi connectivity index (χ0n) is 14.9. The predicted molar refractivity (Wildman–Crippen MR) is 107 cm³/mol. The van der Waals surface area contributed by atoms with E-state index >= 15 is 0 Å². The summed E-state index contributed by atoms with van der Waals surface area (Å²) >= 11 is 6.09. The third kappa shape index (κ3) is 3.82. The minimum absolute atomic E-state index is 0.0783. The van der Waals surface area contributed by atoms with Gasteiger partial charge in [0.2, 0.25) is 0 Å². The molecule has 0 radical (unpaired) electrons. The molecule has 0 amide bonds. The van der Waals surface area contributed by atoms with Crippen LogP contribution in [0.25, 0.3) is 10.8 Å². The van der Waals surface area contributed by atoms with Crippen LogP contribution in [0.4, 0.5) is 0 Å². The highest BCUT2D eigenvalue weighted by Gasteiger charge is 2.30. The first-order chi connectivity index (χ1) is 13.1. The summed E-state index contributed by atoms with van der Waals surface area (Å²) in [5.74, 6) is -0.925. The van der Waals surface area contributed by atoms with E-state index in [0.29, 0.717) is 17.9 Å². The molecule has 1 fully saturated rings. The van der Waals surface area contributed by atoms with Crippen molar-refractivity contribution in [3.8, 4) is 0 Å². The van der Waals surface area contributed by atoms with Crippen LogP contribution < -0.4 is 0 Å². The van der Waals surface area contributed by atoms with Crippen LogP contribution in [0, 0.1) is 5.92 Å². The molecule has 27 heavy (non-hydrogen) atoms. The summed E-state index contributed by atoms with van der Waals surface area (Å²) in [5.41, 5.74) is 2.37. The molecule has 1 saturated heterocycles. The fraction of sp³-hybridized carbons (Fsp3) is 0.273. The molecule has 0 spiro atoms. The van der Waals surface area contributed by atoms with Crippen LogP contribution in [0.2, 0.25) is 5.02 Å². The minimum atomic E-state index is -0.684. The smallest absolute Gasteiger partial charge is 0.306 e. The first kappa shape index (κ1) is 18.0. The minimum Gasteiger partial charge on any atom is -0.481 e. The van der Waals surface area contributed by atoms with Crippen molar-refractivity contribution in [2.24, 2.45) is 5.92 Å². The van der Waals surface area contributed by atoms with Gasteiger partial charge in [-0.3, -0.25) is 14.7 Å². The Hall–Kier alpha value is -2.43. The Bertz CT molecular complexity index is 950. The number of aromatic nitrogens is 1. The van der Waals surface area contributed by atoms with Gasteiger partial charge in [0.05, 0.1) is 12.0 Å². The summed E-state index contributed by atoms with van der Waals surface area (Å²) in [6, 6.07) is 16.5. The van der Waals surface area contributed by atoms with E-state index in [1.807, 2.05) is 30.6 Å². The van der Waals surface area contributed by atoms with Crippen molar-refractivity contribution in [3.63, 3.8) is 0 Å². The van der Waals surface area contributed by atoms with Crippen molar-refractivity contribution < 1.29 is 9.90 Å². The average Bonchev–Trinajstić information content (AvgIpc) is 2.70. The van der Waals surface area contributed by atoms with Crippen molar-refractivity contribution >= 4 is 28.3 Å². The van der Waals surface area contributed by atoms with Crippen molar-refractivity contribution in [2.45, 2.75) is 18.9 Å². The van der Waals surface area contributed by atoms with Gasteiger partial charge >= 0.3 is 5.97 Å². The molecule has 1 aliphatic heterocycles. The maximum atomic E-state index is 11.3. The second-order valence-electron chi connectivity index (χ2n) is 7.08. The van der Waals surface area contributed by atoms with E-state index in [4.69, 9.17) is 11.6 Å².